The summed E-state index contributed by atoms with van der Waals surface area (Å²) in [4.78, 5) is 5.60. The van der Waals surface area contributed by atoms with E-state index in [4.69, 9.17) is 0 Å². The first-order valence-corrected chi connectivity index (χ1v) is 19.3. The molecule has 0 atom stereocenters. The maximum Gasteiger partial charge on any atom is 0.0690 e. The Bertz CT molecular complexity index is 1650. The van der Waals surface area contributed by atoms with E-state index < -0.39 is 0 Å². The van der Waals surface area contributed by atoms with Crippen LogP contribution in [0.5, 0.6) is 0 Å². The van der Waals surface area contributed by atoms with Crippen LogP contribution in [-0.2, 0) is 0 Å². The van der Waals surface area contributed by atoms with Crippen LogP contribution in [0.15, 0.2) is 97.1 Å². The van der Waals surface area contributed by atoms with E-state index in [1.54, 1.807) is 0 Å². The van der Waals surface area contributed by atoms with E-state index in [1.807, 2.05) is 0 Å². The van der Waals surface area contributed by atoms with Gasteiger partial charge in [0.25, 0.3) is 0 Å². The predicted octanol–water partition coefficient (Wildman–Crippen LogP) is 13.7. The Hall–Kier alpha value is -3.78. The molecule has 0 fully saturated rings. The smallest absolute Gasteiger partial charge is 0.0690 e. The second kappa shape index (κ2) is 18.7. The van der Waals surface area contributed by atoms with E-state index in [0.29, 0.717) is 0 Å². The summed E-state index contributed by atoms with van der Waals surface area (Å²) in [7, 11) is 0. The Kier molecular flexibility index (Phi) is 13.8. The fourth-order valence-electron chi connectivity index (χ4n) is 7.53. The third kappa shape index (κ3) is 8.43. The van der Waals surface area contributed by atoms with Gasteiger partial charge in [-0.05, 0) is 70.2 Å². The highest BCUT2D eigenvalue weighted by atomic mass is 15.2. The Labute approximate surface area is 292 Å². The van der Waals surface area contributed by atoms with Gasteiger partial charge in [0, 0.05) is 31.6 Å². The van der Waals surface area contributed by atoms with Crippen molar-refractivity contribution in [2.24, 2.45) is 0 Å². The minimum atomic E-state index is 1.10. The topological polar surface area (TPSA) is 6.48 Å². The van der Waals surface area contributed by atoms with Gasteiger partial charge in [-0.15, -0.1) is 0 Å². The molecule has 0 heterocycles. The van der Waals surface area contributed by atoms with Gasteiger partial charge < -0.3 is 9.80 Å². The first-order chi connectivity index (χ1) is 23.7. The fourth-order valence-corrected chi connectivity index (χ4v) is 7.53. The average Bonchev–Trinajstić information content (AvgIpc) is 3.13. The van der Waals surface area contributed by atoms with Crippen LogP contribution in [0.2, 0.25) is 0 Å². The van der Waals surface area contributed by atoms with Crippen LogP contribution in [0.1, 0.15) is 105 Å². The molecule has 0 radical (unpaired) electrons. The van der Waals surface area contributed by atoms with E-state index in [-0.39, 0.29) is 0 Å². The average molecular weight is 641 g/mol. The number of hydrogen-bond acceptors (Lipinski definition) is 2. The van der Waals surface area contributed by atoms with Crippen molar-refractivity contribution in [1.82, 2.24) is 0 Å². The zero-order chi connectivity index (χ0) is 33.6. The summed E-state index contributed by atoms with van der Waals surface area (Å²) in [5, 5.41) is 5.48. The molecule has 254 valence electrons. The minimum Gasteiger partial charge on any atom is -0.370 e. The van der Waals surface area contributed by atoms with Crippen LogP contribution in [0, 0.1) is 0 Å². The molecule has 0 N–H and O–H groups in total. The van der Waals surface area contributed by atoms with Gasteiger partial charge in [0.05, 0.1) is 11.4 Å². The molecule has 5 aromatic rings. The van der Waals surface area contributed by atoms with Crippen LogP contribution in [-0.4, -0.2) is 26.2 Å². The highest BCUT2D eigenvalue weighted by molar-refractivity contribution is 6.25. The molecule has 0 aliphatic heterocycles. The van der Waals surface area contributed by atoms with Crippen molar-refractivity contribution in [2.45, 2.75) is 105 Å². The fraction of sp³-hybridized carbons (Fsp3) is 0.435. The van der Waals surface area contributed by atoms with Gasteiger partial charge in [0.1, 0.15) is 0 Å². The Morgan fingerprint density at radius 1 is 0.375 bits per heavy atom. The van der Waals surface area contributed by atoms with E-state index in [0.717, 1.165) is 26.2 Å². The molecule has 0 aliphatic rings. The predicted molar refractivity (Wildman–Crippen MR) is 215 cm³/mol. The number of fused-ring (bicyclic) bond motifs is 2. The summed E-state index contributed by atoms with van der Waals surface area (Å²) in [5.74, 6) is 0. The van der Waals surface area contributed by atoms with Crippen molar-refractivity contribution in [3.05, 3.63) is 97.1 Å². The zero-order valence-corrected chi connectivity index (χ0v) is 30.4. The molecule has 0 unspecified atom stereocenters. The Morgan fingerprint density at radius 2 is 0.792 bits per heavy atom. The number of benzene rings is 5. The van der Waals surface area contributed by atoms with Crippen molar-refractivity contribution in [1.29, 1.82) is 0 Å². The lowest BCUT2D eigenvalue weighted by molar-refractivity contribution is 0.625. The van der Waals surface area contributed by atoms with Gasteiger partial charge in [-0.1, -0.05) is 170 Å². The first kappa shape index (κ1) is 35.5. The standard InChI is InChI=1S/C46H60N2/c1-5-9-21-33-47(34-22-10-6-2)42-32-31-41-43(37-25-15-13-16-26-37)39-29-19-20-30-40(39)44(38-27-17-14-18-28-38)45(41)46(42)48(35-23-11-7-3)36-24-12-8-4/h13-20,25-32H,5-12,21-24,33-36H2,1-4H3. The van der Waals surface area contributed by atoms with Crippen LogP contribution < -0.4 is 9.80 Å². The van der Waals surface area contributed by atoms with Crippen molar-refractivity contribution >= 4 is 32.9 Å². The van der Waals surface area contributed by atoms with Crippen LogP contribution in [0.3, 0.4) is 0 Å². The lowest BCUT2D eigenvalue weighted by Crippen LogP contribution is -2.32. The molecule has 2 nitrogen and oxygen atoms in total. The maximum atomic E-state index is 2.83. The lowest BCUT2D eigenvalue weighted by Gasteiger charge is -2.35. The van der Waals surface area contributed by atoms with Gasteiger partial charge >= 0.3 is 0 Å². The molecule has 5 rings (SSSR count). The summed E-state index contributed by atoms with van der Waals surface area (Å²) in [6, 6.07) is 36.6. The molecule has 0 saturated carbocycles. The summed E-state index contributed by atoms with van der Waals surface area (Å²) in [6.45, 7) is 13.8. The second-order valence-electron chi connectivity index (χ2n) is 13.7. The van der Waals surface area contributed by atoms with Crippen LogP contribution >= 0.6 is 0 Å². The quantitative estimate of drug-likeness (QED) is 0.0617. The number of rotatable bonds is 20. The van der Waals surface area contributed by atoms with Crippen LogP contribution in [0.25, 0.3) is 43.8 Å². The first-order valence-electron chi connectivity index (χ1n) is 19.3. The number of unbranched alkanes of at least 4 members (excludes halogenated alkanes) is 8. The molecule has 0 aliphatic carbocycles. The normalized spacial score (nSPS) is 11.4. The van der Waals surface area contributed by atoms with Gasteiger partial charge in [-0.2, -0.15) is 0 Å². The highest BCUT2D eigenvalue weighted by Crippen LogP contribution is 2.50. The third-order valence-corrected chi connectivity index (χ3v) is 10.0. The molecule has 0 saturated heterocycles. The van der Waals surface area contributed by atoms with E-state index in [1.165, 1.54) is 132 Å². The molecule has 48 heavy (non-hydrogen) atoms. The molecule has 5 aromatic carbocycles. The number of hydrogen-bond donors (Lipinski definition) is 0. The molecule has 0 aromatic heterocycles. The van der Waals surface area contributed by atoms with Gasteiger partial charge in [-0.25, -0.2) is 0 Å². The second-order valence-corrected chi connectivity index (χ2v) is 13.7. The van der Waals surface area contributed by atoms with Gasteiger partial charge in [0.15, 0.2) is 0 Å². The maximum absolute atomic E-state index is 2.83. The largest absolute Gasteiger partial charge is 0.370 e. The highest BCUT2D eigenvalue weighted by Gasteiger charge is 2.25. The number of nitrogens with zero attached hydrogens (tertiary/aromatic N) is 2. The minimum absolute atomic E-state index is 1.10. The summed E-state index contributed by atoms with van der Waals surface area (Å²) < 4.78 is 0. The summed E-state index contributed by atoms with van der Waals surface area (Å²) in [6.07, 6.45) is 15.0. The van der Waals surface area contributed by atoms with Crippen molar-refractivity contribution in [3.63, 3.8) is 0 Å². The summed E-state index contributed by atoms with van der Waals surface area (Å²) >= 11 is 0. The molecule has 2 heteroatoms. The van der Waals surface area contributed by atoms with Gasteiger partial charge in [0.2, 0.25) is 0 Å². The van der Waals surface area contributed by atoms with Crippen LogP contribution in [0.4, 0.5) is 11.4 Å². The lowest BCUT2D eigenvalue weighted by atomic mass is 9.84. The molecular weight excluding hydrogens is 581 g/mol. The Morgan fingerprint density at radius 3 is 1.27 bits per heavy atom. The molecule has 0 bridgehead atoms. The van der Waals surface area contributed by atoms with E-state index >= 15 is 0 Å². The van der Waals surface area contributed by atoms with Crippen molar-refractivity contribution < 1.29 is 0 Å². The van der Waals surface area contributed by atoms with Crippen molar-refractivity contribution in [2.75, 3.05) is 36.0 Å². The molecule has 0 spiro atoms. The SMILES string of the molecule is CCCCCN(CCCCC)c1ccc2c(-c3ccccc3)c3ccccc3c(-c3ccccc3)c2c1N(CCCCC)CCCCC. The monoisotopic (exact) mass is 640 g/mol. The zero-order valence-electron chi connectivity index (χ0n) is 30.4. The summed E-state index contributed by atoms with van der Waals surface area (Å²) in [5.41, 5.74) is 8.25. The molecule has 0 amide bonds. The van der Waals surface area contributed by atoms with Crippen molar-refractivity contribution in [3.8, 4) is 22.3 Å². The van der Waals surface area contributed by atoms with E-state index in [2.05, 4.69) is 135 Å². The third-order valence-electron chi connectivity index (χ3n) is 10.0. The van der Waals surface area contributed by atoms with Gasteiger partial charge in [-0.3, -0.25) is 0 Å². The molecular formula is C46H60N2. The Balaban J connectivity index is 1.92. The van der Waals surface area contributed by atoms with E-state index in [9.17, 15) is 0 Å². The number of anilines is 2.